The van der Waals surface area contributed by atoms with E-state index in [0.717, 1.165) is 37.9 Å². The summed E-state index contributed by atoms with van der Waals surface area (Å²) in [5, 5.41) is 2.75. The number of nitrogens with one attached hydrogen (secondary N) is 1. The highest BCUT2D eigenvalue weighted by Crippen LogP contribution is 2.29. The van der Waals surface area contributed by atoms with Crippen molar-refractivity contribution in [3.8, 4) is 0 Å². The van der Waals surface area contributed by atoms with E-state index in [9.17, 15) is 4.79 Å². The number of halogens is 1. The van der Waals surface area contributed by atoms with Crippen LogP contribution in [0.25, 0.3) is 0 Å². The number of carbonyl (C=O) groups is 1. The minimum absolute atomic E-state index is 0. The topological polar surface area (TPSA) is 44.8 Å². The second kappa shape index (κ2) is 10.00. The van der Waals surface area contributed by atoms with Crippen LogP contribution in [-0.2, 0) is 4.74 Å². The molecular weight excluding hydrogens is 338 g/mol. The van der Waals surface area contributed by atoms with Gasteiger partial charge in [0, 0.05) is 44.0 Å². The summed E-state index contributed by atoms with van der Waals surface area (Å²) in [4.78, 5) is 16.9. The number of benzene rings is 1. The van der Waals surface area contributed by atoms with Gasteiger partial charge >= 0.3 is 6.09 Å². The van der Waals surface area contributed by atoms with Crippen LogP contribution in [0.1, 0.15) is 32.6 Å². The van der Waals surface area contributed by atoms with Gasteiger partial charge < -0.3 is 4.74 Å². The number of fused-ring (bicyclic) bond motifs is 1. The van der Waals surface area contributed by atoms with E-state index in [-0.39, 0.29) is 18.5 Å². The van der Waals surface area contributed by atoms with Gasteiger partial charge in [-0.2, -0.15) is 0 Å². The molecule has 0 bridgehead atoms. The van der Waals surface area contributed by atoms with Crippen LogP contribution < -0.4 is 5.32 Å². The predicted octanol–water partition coefficient (Wildman–Crippen LogP) is 3.61. The normalized spacial score (nSPS) is 23.6. The smallest absolute Gasteiger partial charge is 0.411 e. The summed E-state index contributed by atoms with van der Waals surface area (Å²) < 4.78 is 5.31. The molecule has 2 aliphatic heterocycles. The van der Waals surface area contributed by atoms with Crippen LogP contribution in [0.4, 0.5) is 10.5 Å². The molecular formula is C19H30ClN3O2. The van der Waals surface area contributed by atoms with Gasteiger partial charge in [-0.3, -0.25) is 15.1 Å². The van der Waals surface area contributed by atoms with E-state index in [4.69, 9.17) is 4.74 Å². The lowest BCUT2D eigenvalue weighted by Crippen LogP contribution is -2.53. The molecule has 6 heteroatoms. The molecule has 0 saturated carbocycles. The lowest BCUT2D eigenvalue weighted by molar-refractivity contribution is 0.0612. The van der Waals surface area contributed by atoms with Crippen molar-refractivity contribution in [2.24, 2.45) is 0 Å². The number of rotatable bonds is 6. The van der Waals surface area contributed by atoms with Crippen LogP contribution in [-0.4, -0.2) is 60.8 Å². The Kier molecular flexibility index (Phi) is 8.00. The van der Waals surface area contributed by atoms with Crippen LogP contribution in [0.5, 0.6) is 0 Å². The molecule has 25 heavy (non-hydrogen) atoms. The van der Waals surface area contributed by atoms with Gasteiger partial charge in [0.25, 0.3) is 0 Å². The van der Waals surface area contributed by atoms with Crippen LogP contribution in [0.3, 0.4) is 0 Å². The van der Waals surface area contributed by atoms with Gasteiger partial charge in [0.15, 0.2) is 0 Å². The minimum Gasteiger partial charge on any atom is -0.448 e. The quantitative estimate of drug-likeness (QED) is 0.834. The molecule has 1 aromatic carbocycles. The predicted molar refractivity (Wildman–Crippen MR) is 104 cm³/mol. The molecule has 0 aliphatic carbocycles. The van der Waals surface area contributed by atoms with Crippen molar-refractivity contribution >= 4 is 24.2 Å². The second-order valence-electron chi connectivity index (χ2n) is 6.84. The van der Waals surface area contributed by atoms with E-state index in [0.29, 0.717) is 12.6 Å². The fraction of sp³-hybridized carbons (Fsp3) is 0.632. The van der Waals surface area contributed by atoms with E-state index < -0.39 is 0 Å². The van der Waals surface area contributed by atoms with Crippen molar-refractivity contribution < 1.29 is 9.53 Å². The Morgan fingerprint density at radius 2 is 2.04 bits per heavy atom. The maximum Gasteiger partial charge on any atom is 0.411 e. The lowest BCUT2D eigenvalue weighted by Gasteiger charge is -2.40. The summed E-state index contributed by atoms with van der Waals surface area (Å²) >= 11 is 0. The highest BCUT2D eigenvalue weighted by atomic mass is 35.5. The summed E-state index contributed by atoms with van der Waals surface area (Å²) in [6.45, 7) is 6.91. The SMILES string of the molecule is CCCC1CCC2CN(CCOC(=O)Nc3ccccc3)CCN12.Cl. The van der Waals surface area contributed by atoms with Crippen molar-refractivity contribution in [2.45, 2.75) is 44.7 Å². The van der Waals surface area contributed by atoms with Gasteiger partial charge in [-0.25, -0.2) is 4.79 Å². The number of carbonyl (C=O) groups excluding carboxylic acids is 1. The molecule has 1 amide bonds. The van der Waals surface area contributed by atoms with E-state index in [1.54, 1.807) is 0 Å². The van der Waals surface area contributed by atoms with E-state index >= 15 is 0 Å². The molecule has 0 aromatic heterocycles. The molecule has 2 heterocycles. The van der Waals surface area contributed by atoms with Gasteiger partial charge in [0.05, 0.1) is 0 Å². The van der Waals surface area contributed by atoms with Gasteiger partial charge in [0.2, 0.25) is 0 Å². The highest BCUT2D eigenvalue weighted by Gasteiger charge is 2.36. The molecule has 2 atom stereocenters. The van der Waals surface area contributed by atoms with Crippen molar-refractivity contribution in [3.63, 3.8) is 0 Å². The third-order valence-corrected chi connectivity index (χ3v) is 5.20. The summed E-state index contributed by atoms with van der Waals surface area (Å²) in [6.07, 6.45) is 4.91. The zero-order valence-electron chi connectivity index (χ0n) is 15.0. The number of piperazine rings is 1. The molecule has 140 valence electrons. The lowest BCUT2D eigenvalue weighted by atomic mass is 10.1. The second-order valence-corrected chi connectivity index (χ2v) is 6.84. The Bertz CT molecular complexity index is 529. The Labute approximate surface area is 157 Å². The maximum absolute atomic E-state index is 11.8. The number of nitrogens with zero attached hydrogens (tertiary/aromatic N) is 2. The monoisotopic (exact) mass is 367 g/mol. The number of para-hydroxylation sites is 1. The summed E-state index contributed by atoms with van der Waals surface area (Å²) in [7, 11) is 0. The fourth-order valence-electron chi connectivity index (χ4n) is 4.01. The average Bonchev–Trinajstić information content (AvgIpc) is 2.98. The standard InChI is InChI=1S/C19H29N3O2.ClH/c1-2-6-17-9-10-18-15-21(11-12-22(17)18)13-14-24-19(23)20-16-7-4-3-5-8-16;/h3-5,7-8,17-18H,2,6,9-15H2,1H3,(H,20,23);1H. The summed E-state index contributed by atoms with van der Waals surface area (Å²) in [5.41, 5.74) is 0.768. The molecule has 1 aromatic rings. The largest absolute Gasteiger partial charge is 0.448 e. The minimum atomic E-state index is -0.372. The zero-order valence-corrected chi connectivity index (χ0v) is 15.8. The van der Waals surface area contributed by atoms with Crippen molar-refractivity contribution in [3.05, 3.63) is 30.3 Å². The Balaban J connectivity index is 0.00000225. The van der Waals surface area contributed by atoms with Gasteiger partial charge in [0.1, 0.15) is 6.61 Å². The third kappa shape index (κ3) is 5.59. The first-order chi connectivity index (χ1) is 11.8. The highest BCUT2D eigenvalue weighted by molar-refractivity contribution is 5.85. The Hall–Kier alpha value is -1.30. The van der Waals surface area contributed by atoms with Crippen LogP contribution in [0.2, 0.25) is 0 Å². The van der Waals surface area contributed by atoms with Gasteiger partial charge in [-0.1, -0.05) is 31.5 Å². The first kappa shape index (κ1) is 20.0. The first-order valence-electron chi connectivity index (χ1n) is 9.23. The van der Waals surface area contributed by atoms with E-state index in [1.807, 2.05) is 30.3 Å². The summed E-state index contributed by atoms with van der Waals surface area (Å²) in [6, 6.07) is 10.9. The molecule has 0 radical (unpaired) electrons. The number of amides is 1. The molecule has 2 unspecified atom stereocenters. The van der Waals surface area contributed by atoms with Gasteiger partial charge in [-0.15, -0.1) is 12.4 Å². The Morgan fingerprint density at radius 1 is 1.24 bits per heavy atom. The van der Waals surface area contributed by atoms with Gasteiger partial charge in [-0.05, 0) is 31.4 Å². The average molecular weight is 368 g/mol. The van der Waals surface area contributed by atoms with Crippen molar-refractivity contribution in [1.29, 1.82) is 0 Å². The molecule has 2 saturated heterocycles. The summed E-state index contributed by atoms with van der Waals surface area (Å²) in [5.74, 6) is 0. The molecule has 1 N–H and O–H groups in total. The maximum atomic E-state index is 11.8. The number of hydrogen-bond donors (Lipinski definition) is 1. The molecule has 2 aliphatic rings. The van der Waals surface area contributed by atoms with E-state index in [2.05, 4.69) is 22.0 Å². The Morgan fingerprint density at radius 3 is 2.80 bits per heavy atom. The van der Waals surface area contributed by atoms with Crippen molar-refractivity contribution in [1.82, 2.24) is 9.80 Å². The van der Waals surface area contributed by atoms with Crippen LogP contribution >= 0.6 is 12.4 Å². The zero-order chi connectivity index (χ0) is 16.8. The number of anilines is 1. The molecule has 5 nitrogen and oxygen atoms in total. The number of ether oxygens (including phenoxy) is 1. The van der Waals surface area contributed by atoms with Crippen molar-refractivity contribution in [2.75, 3.05) is 38.1 Å². The molecule has 3 rings (SSSR count). The molecule has 0 spiro atoms. The first-order valence-corrected chi connectivity index (χ1v) is 9.23. The molecule has 2 fully saturated rings. The van der Waals surface area contributed by atoms with Crippen LogP contribution in [0, 0.1) is 0 Å². The van der Waals surface area contributed by atoms with Crippen LogP contribution in [0.15, 0.2) is 30.3 Å². The third-order valence-electron chi connectivity index (χ3n) is 5.20. The number of hydrogen-bond acceptors (Lipinski definition) is 4. The fourth-order valence-corrected chi connectivity index (χ4v) is 4.01. The van der Waals surface area contributed by atoms with E-state index in [1.165, 1.54) is 25.7 Å².